The first-order valence-electron chi connectivity index (χ1n) is 7.99. The normalized spacial score (nSPS) is 10.5. The van der Waals surface area contributed by atoms with Gasteiger partial charge in [0.25, 0.3) is 5.91 Å². The Labute approximate surface area is 156 Å². The Bertz CT molecular complexity index is 798. The highest BCUT2D eigenvalue weighted by molar-refractivity contribution is 5.97. The smallest absolute Gasteiger partial charge is 0.387 e. The number of halogens is 2. The standard InChI is InChI=1S/C19H21F2NO5/c1-22(11-12-8-9-13(24-2)10-16(12)26-4)18(23)14-6-5-7-15(25-3)17(14)27-19(20)21/h5-10,19H,11H2,1-4H3. The van der Waals surface area contributed by atoms with Crippen LogP contribution in [0.4, 0.5) is 8.78 Å². The monoisotopic (exact) mass is 381 g/mol. The molecule has 146 valence electrons. The molecule has 0 saturated heterocycles. The van der Waals surface area contributed by atoms with Crippen molar-refractivity contribution >= 4 is 5.91 Å². The van der Waals surface area contributed by atoms with Crippen molar-refractivity contribution in [2.24, 2.45) is 0 Å². The van der Waals surface area contributed by atoms with E-state index in [1.807, 2.05) is 0 Å². The van der Waals surface area contributed by atoms with Gasteiger partial charge in [0.2, 0.25) is 0 Å². The van der Waals surface area contributed by atoms with Crippen LogP contribution in [0.3, 0.4) is 0 Å². The third kappa shape index (κ3) is 4.78. The number of rotatable bonds is 8. The number of para-hydroxylation sites is 1. The van der Waals surface area contributed by atoms with Gasteiger partial charge < -0.3 is 23.8 Å². The molecule has 0 atom stereocenters. The van der Waals surface area contributed by atoms with E-state index in [9.17, 15) is 13.6 Å². The van der Waals surface area contributed by atoms with Gasteiger partial charge in [0, 0.05) is 25.2 Å². The van der Waals surface area contributed by atoms with Gasteiger partial charge >= 0.3 is 6.61 Å². The molecule has 0 aromatic heterocycles. The van der Waals surface area contributed by atoms with Crippen LogP contribution in [0.1, 0.15) is 15.9 Å². The molecule has 0 spiro atoms. The zero-order valence-electron chi connectivity index (χ0n) is 15.5. The van der Waals surface area contributed by atoms with Crippen LogP contribution in [0.5, 0.6) is 23.0 Å². The van der Waals surface area contributed by atoms with E-state index >= 15 is 0 Å². The molecule has 8 heteroatoms. The molecule has 2 rings (SSSR count). The molecule has 0 saturated carbocycles. The first-order valence-corrected chi connectivity index (χ1v) is 7.99. The number of benzene rings is 2. The van der Waals surface area contributed by atoms with Crippen molar-refractivity contribution in [2.75, 3.05) is 28.4 Å². The van der Waals surface area contributed by atoms with Crippen molar-refractivity contribution in [3.05, 3.63) is 47.5 Å². The third-order valence-corrected chi connectivity index (χ3v) is 3.88. The number of carbonyl (C=O) groups excluding carboxylic acids is 1. The van der Waals surface area contributed by atoms with Crippen LogP contribution in [0, 0.1) is 0 Å². The van der Waals surface area contributed by atoms with Crippen molar-refractivity contribution in [3.63, 3.8) is 0 Å². The molecular weight excluding hydrogens is 360 g/mol. The number of methoxy groups -OCH3 is 3. The Morgan fingerprint density at radius 2 is 1.74 bits per heavy atom. The molecular formula is C19H21F2NO5. The number of alkyl halides is 2. The highest BCUT2D eigenvalue weighted by Crippen LogP contribution is 2.34. The van der Waals surface area contributed by atoms with Gasteiger partial charge in [0.15, 0.2) is 11.5 Å². The maximum absolute atomic E-state index is 12.8. The Hall–Kier alpha value is -3.03. The molecule has 0 aliphatic heterocycles. The van der Waals surface area contributed by atoms with Gasteiger partial charge in [0.1, 0.15) is 11.5 Å². The quantitative estimate of drug-likeness (QED) is 0.700. The maximum Gasteiger partial charge on any atom is 0.387 e. The largest absolute Gasteiger partial charge is 0.497 e. The lowest BCUT2D eigenvalue weighted by molar-refractivity contribution is -0.0516. The van der Waals surface area contributed by atoms with Gasteiger partial charge in [-0.25, -0.2) is 0 Å². The highest BCUT2D eigenvalue weighted by Gasteiger charge is 2.23. The zero-order valence-corrected chi connectivity index (χ0v) is 15.5. The molecule has 0 N–H and O–H groups in total. The SMILES string of the molecule is COc1ccc(CN(C)C(=O)c2cccc(OC)c2OC(F)F)c(OC)c1. The third-order valence-electron chi connectivity index (χ3n) is 3.88. The van der Waals surface area contributed by atoms with E-state index in [-0.39, 0.29) is 23.6 Å². The number of hydrogen-bond acceptors (Lipinski definition) is 5. The van der Waals surface area contributed by atoms with E-state index in [4.69, 9.17) is 14.2 Å². The second-order valence-electron chi connectivity index (χ2n) is 5.55. The fourth-order valence-electron chi connectivity index (χ4n) is 2.57. The first kappa shape index (κ1) is 20.3. The topological polar surface area (TPSA) is 57.2 Å². The van der Waals surface area contributed by atoms with Crippen molar-refractivity contribution in [3.8, 4) is 23.0 Å². The van der Waals surface area contributed by atoms with Crippen molar-refractivity contribution < 1.29 is 32.5 Å². The number of nitrogens with zero attached hydrogens (tertiary/aromatic N) is 1. The van der Waals surface area contributed by atoms with Crippen molar-refractivity contribution in [1.29, 1.82) is 0 Å². The Balaban J connectivity index is 2.30. The van der Waals surface area contributed by atoms with Gasteiger partial charge in [0.05, 0.1) is 26.9 Å². The van der Waals surface area contributed by atoms with Crippen LogP contribution in [0.2, 0.25) is 0 Å². The van der Waals surface area contributed by atoms with Gasteiger partial charge in [-0.15, -0.1) is 0 Å². The molecule has 0 aliphatic carbocycles. The fourth-order valence-corrected chi connectivity index (χ4v) is 2.57. The molecule has 6 nitrogen and oxygen atoms in total. The molecule has 2 aromatic carbocycles. The summed E-state index contributed by atoms with van der Waals surface area (Å²) in [6.45, 7) is -2.89. The van der Waals surface area contributed by atoms with Gasteiger partial charge in [-0.3, -0.25) is 4.79 Å². The predicted molar refractivity (Wildman–Crippen MR) is 95.0 cm³/mol. The summed E-state index contributed by atoms with van der Waals surface area (Å²) >= 11 is 0. The Morgan fingerprint density at radius 3 is 2.33 bits per heavy atom. The minimum Gasteiger partial charge on any atom is -0.497 e. The van der Waals surface area contributed by atoms with Gasteiger partial charge in [-0.1, -0.05) is 6.07 Å². The number of hydrogen-bond donors (Lipinski definition) is 0. The Kier molecular flexibility index (Phi) is 6.81. The van der Waals surface area contributed by atoms with Crippen molar-refractivity contribution in [1.82, 2.24) is 4.90 Å². The maximum atomic E-state index is 12.8. The summed E-state index contributed by atoms with van der Waals surface area (Å²) in [5.41, 5.74) is 0.706. The minimum absolute atomic E-state index is 0.0235. The molecule has 0 heterocycles. The predicted octanol–water partition coefficient (Wildman–Crippen LogP) is 3.59. The fraction of sp³-hybridized carbons (Fsp3) is 0.316. The number of ether oxygens (including phenoxy) is 4. The van der Waals surface area contributed by atoms with Crippen LogP contribution in [0.25, 0.3) is 0 Å². The molecule has 2 aromatic rings. The molecule has 0 unspecified atom stereocenters. The summed E-state index contributed by atoms with van der Waals surface area (Å²) in [6, 6.07) is 9.60. The van der Waals surface area contributed by atoms with E-state index in [2.05, 4.69) is 4.74 Å². The summed E-state index contributed by atoms with van der Waals surface area (Å²) in [7, 11) is 5.92. The number of carbonyl (C=O) groups is 1. The van der Waals surface area contributed by atoms with Crippen LogP contribution in [0.15, 0.2) is 36.4 Å². The summed E-state index contributed by atoms with van der Waals surface area (Å²) in [5.74, 6) is 0.418. The summed E-state index contributed by atoms with van der Waals surface area (Å²) < 4.78 is 45.6. The molecule has 27 heavy (non-hydrogen) atoms. The number of amides is 1. The average molecular weight is 381 g/mol. The second-order valence-corrected chi connectivity index (χ2v) is 5.55. The van der Waals surface area contributed by atoms with E-state index < -0.39 is 12.5 Å². The molecule has 0 radical (unpaired) electrons. The molecule has 0 fully saturated rings. The van der Waals surface area contributed by atoms with Gasteiger partial charge in [-0.05, 0) is 24.3 Å². The van der Waals surface area contributed by atoms with E-state index in [1.54, 1.807) is 25.2 Å². The molecule has 0 aliphatic rings. The van der Waals surface area contributed by atoms with Crippen molar-refractivity contribution in [2.45, 2.75) is 13.2 Å². The van der Waals surface area contributed by atoms with Gasteiger partial charge in [-0.2, -0.15) is 8.78 Å². The first-order chi connectivity index (χ1) is 12.9. The molecule has 0 bridgehead atoms. The van der Waals surface area contributed by atoms with Crippen LogP contribution >= 0.6 is 0 Å². The lowest BCUT2D eigenvalue weighted by Gasteiger charge is -2.21. The minimum atomic E-state index is -3.08. The van der Waals surface area contributed by atoms with E-state index in [0.717, 1.165) is 5.56 Å². The van der Waals surface area contributed by atoms with E-state index in [0.29, 0.717) is 11.5 Å². The summed E-state index contributed by atoms with van der Waals surface area (Å²) in [4.78, 5) is 14.2. The van der Waals surface area contributed by atoms with E-state index in [1.165, 1.54) is 44.4 Å². The van der Waals surface area contributed by atoms with Crippen LogP contribution in [-0.4, -0.2) is 45.8 Å². The zero-order chi connectivity index (χ0) is 20.0. The lowest BCUT2D eigenvalue weighted by Crippen LogP contribution is -2.27. The van der Waals surface area contributed by atoms with Crippen LogP contribution in [-0.2, 0) is 6.54 Å². The Morgan fingerprint density at radius 1 is 1.04 bits per heavy atom. The molecule has 1 amide bonds. The lowest BCUT2D eigenvalue weighted by atomic mass is 10.1. The second kappa shape index (κ2) is 9.07. The van der Waals surface area contributed by atoms with Crippen LogP contribution < -0.4 is 18.9 Å². The highest BCUT2D eigenvalue weighted by atomic mass is 19.3. The summed E-state index contributed by atoms with van der Waals surface area (Å²) in [6.07, 6.45) is 0. The average Bonchev–Trinajstić information content (AvgIpc) is 2.67. The summed E-state index contributed by atoms with van der Waals surface area (Å²) in [5, 5.41) is 0.